The summed E-state index contributed by atoms with van der Waals surface area (Å²) in [6, 6.07) is 2.11. The average molecular weight is 252 g/mol. The lowest BCUT2D eigenvalue weighted by Crippen LogP contribution is -2.33. The van der Waals surface area contributed by atoms with Crippen LogP contribution in [0.4, 0.5) is 8.78 Å². The van der Waals surface area contributed by atoms with Gasteiger partial charge in [0.05, 0.1) is 7.11 Å². The summed E-state index contributed by atoms with van der Waals surface area (Å²) in [6.07, 6.45) is 0.0430. The van der Waals surface area contributed by atoms with Crippen LogP contribution in [0.25, 0.3) is 0 Å². The first kappa shape index (κ1) is 14.8. The van der Waals surface area contributed by atoms with Crippen molar-refractivity contribution in [2.45, 2.75) is 12.5 Å². The Balaban J connectivity index is 0.00000225. The Hall–Kier alpha value is -1.20. The Morgan fingerprint density at radius 3 is 2.31 bits per heavy atom. The minimum atomic E-state index is -0.906. The number of carbonyl (C=O) groups excluding carboxylic acids is 1. The highest BCUT2D eigenvalue weighted by atomic mass is 35.5. The van der Waals surface area contributed by atoms with Crippen molar-refractivity contribution in [2.75, 3.05) is 7.11 Å². The quantitative estimate of drug-likeness (QED) is 0.827. The van der Waals surface area contributed by atoms with Gasteiger partial charge < -0.3 is 10.5 Å². The van der Waals surface area contributed by atoms with Crippen LogP contribution in [-0.2, 0) is 16.0 Å². The second-order valence-corrected chi connectivity index (χ2v) is 3.11. The van der Waals surface area contributed by atoms with Crippen LogP contribution in [0.15, 0.2) is 18.2 Å². The van der Waals surface area contributed by atoms with Gasteiger partial charge in [-0.25, -0.2) is 8.78 Å². The van der Waals surface area contributed by atoms with E-state index in [0.29, 0.717) is 5.56 Å². The zero-order valence-electron chi connectivity index (χ0n) is 8.57. The van der Waals surface area contributed by atoms with Gasteiger partial charge in [-0.2, -0.15) is 0 Å². The zero-order chi connectivity index (χ0) is 11.4. The number of benzene rings is 1. The smallest absolute Gasteiger partial charge is 0.322 e. The van der Waals surface area contributed by atoms with Crippen molar-refractivity contribution in [1.82, 2.24) is 0 Å². The fourth-order valence-electron chi connectivity index (χ4n) is 1.22. The Bertz CT molecular complexity index is 354. The highest BCUT2D eigenvalue weighted by Gasteiger charge is 2.15. The Morgan fingerprint density at radius 2 is 1.88 bits per heavy atom. The predicted octanol–water partition coefficient (Wildman–Crippen LogP) is 1.43. The molecule has 0 fully saturated rings. The number of rotatable bonds is 3. The second-order valence-electron chi connectivity index (χ2n) is 3.11. The van der Waals surface area contributed by atoms with Crippen LogP contribution >= 0.6 is 12.4 Å². The number of esters is 1. The highest BCUT2D eigenvalue weighted by molar-refractivity contribution is 5.85. The summed E-state index contributed by atoms with van der Waals surface area (Å²) < 4.78 is 29.9. The van der Waals surface area contributed by atoms with E-state index in [4.69, 9.17) is 5.73 Å². The van der Waals surface area contributed by atoms with Crippen molar-refractivity contribution >= 4 is 18.4 Å². The topological polar surface area (TPSA) is 52.3 Å². The molecule has 0 unspecified atom stereocenters. The van der Waals surface area contributed by atoms with E-state index in [9.17, 15) is 13.6 Å². The number of halogens is 3. The van der Waals surface area contributed by atoms with Crippen molar-refractivity contribution in [3.63, 3.8) is 0 Å². The molecule has 1 rings (SSSR count). The van der Waals surface area contributed by atoms with E-state index in [1.54, 1.807) is 0 Å². The molecule has 1 aromatic carbocycles. The van der Waals surface area contributed by atoms with Gasteiger partial charge in [-0.15, -0.1) is 12.4 Å². The van der Waals surface area contributed by atoms with Crippen molar-refractivity contribution in [3.8, 4) is 0 Å². The van der Waals surface area contributed by atoms with E-state index < -0.39 is 23.6 Å². The van der Waals surface area contributed by atoms with Crippen LogP contribution in [0.5, 0.6) is 0 Å². The molecule has 0 radical (unpaired) electrons. The summed E-state index contributed by atoms with van der Waals surface area (Å²) in [5, 5.41) is 0. The number of hydrogen-bond acceptors (Lipinski definition) is 3. The molecule has 0 bridgehead atoms. The standard InChI is InChI=1S/C10H11F2NO2.ClH/c1-15-10(14)9(13)4-6-2-7(11)5-8(12)3-6;/h2-3,5,9H,4,13H2,1H3;1H/t9-;/m0./s1. The summed E-state index contributed by atoms with van der Waals surface area (Å²) in [4.78, 5) is 11.0. The maximum absolute atomic E-state index is 12.8. The SMILES string of the molecule is COC(=O)[C@@H](N)Cc1cc(F)cc(F)c1.Cl. The highest BCUT2D eigenvalue weighted by Crippen LogP contribution is 2.09. The maximum atomic E-state index is 12.8. The van der Waals surface area contributed by atoms with Crippen molar-refractivity contribution in [2.24, 2.45) is 5.73 Å². The Morgan fingerprint density at radius 1 is 1.38 bits per heavy atom. The minimum absolute atomic E-state index is 0. The van der Waals surface area contributed by atoms with E-state index in [1.807, 2.05) is 0 Å². The predicted molar refractivity (Wildman–Crippen MR) is 57.3 cm³/mol. The molecule has 0 aliphatic rings. The molecule has 16 heavy (non-hydrogen) atoms. The largest absolute Gasteiger partial charge is 0.468 e. The van der Waals surface area contributed by atoms with Crippen molar-refractivity contribution in [1.29, 1.82) is 0 Å². The lowest BCUT2D eigenvalue weighted by molar-refractivity contribution is -0.142. The van der Waals surface area contributed by atoms with E-state index in [2.05, 4.69) is 4.74 Å². The molecule has 1 aromatic rings. The summed E-state index contributed by atoms with van der Waals surface area (Å²) in [5.41, 5.74) is 5.76. The first-order valence-electron chi connectivity index (χ1n) is 4.31. The number of ether oxygens (including phenoxy) is 1. The molecule has 90 valence electrons. The molecule has 1 atom stereocenters. The first-order valence-corrected chi connectivity index (χ1v) is 4.31. The average Bonchev–Trinajstić information content (AvgIpc) is 2.14. The molecule has 6 heteroatoms. The summed E-state index contributed by atoms with van der Waals surface area (Å²) in [6.45, 7) is 0. The number of methoxy groups -OCH3 is 1. The van der Waals surface area contributed by atoms with Crippen LogP contribution in [-0.4, -0.2) is 19.1 Å². The fourth-order valence-corrected chi connectivity index (χ4v) is 1.22. The monoisotopic (exact) mass is 251 g/mol. The molecule has 0 amide bonds. The Labute approximate surface area is 98.0 Å². The van der Waals surface area contributed by atoms with Crippen LogP contribution in [0.2, 0.25) is 0 Å². The van der Waals surface area contributed by atoms with Gasteiger partial charge in [0.2, 0.25) is 0 Å². The van der Waals surface area contributed by atoms with Gasteiger partial charge in [0, 0.05) is 6.07 Å². The molecule has 0 aliphatic carbocycles. The van der Waals surface area contributed by atoms with Gasteiger partial charge >= 0.3 is 5.97 Å². The molecule has 0 aliphatic heterocycles. The maximum Gasteiger partial charge on any atom is 0.322 e. The molecular formula is C10H12ClF2NO2. The molecule has 0 spiro atoms. The number of carbonyl (C=O) groups is 1. The summed E-state index contributed by atoms with van der Waals surface area (Å²) in [5.74, 6) is -2.00. The van der Waals surface area contributed by atoms with E-state index in [-0.39, 0.29) is 18.8 Å². The molecule has 2 N–H and O–H groups in total. The van der Waals surface area contributed by atoms with Gasteiger partial charge in [-0.1, -0.05) is 0 Å². The molecule has 0 aromatic heterocycles. The van der Waals surface area contributed by atoms with Gasteiger partial charge in [0.15, 0.2) is 0 Å². The van der Waals surface area contributed by atoms with Crippen molar-refractivity contribution < 1.29 is 18.3 Å². The molecule has 0 saturated carbocycles. The van der Waals surface area contributed by atoms with Gasteiger partial charge in [-0.05, 0) is 24.1 Å². The molecular weight excluding hydrogens is 240 g/mol. The number of hydrogen-bond donors (Lipinski definition) is 1. The van der Waals surface area contributed by atoms with E-state index in [0.717, 1.165) is 18.2 Å². The third-order valence-corrected chi connectivity index (χ3v) is 1.88. The molecule has 0 heterocycles. The molecule has 3 nitrogen and oxygen atoms in total. The summed E-state index contributed by atoms with van der Waals surface area (Å²) >= 11 is 0. The zero-order valence-corrected chi connectivity index (χ0v) is 9.39. The van der Waals surface area contributed by atoms with E-state index >= 15 is 0 Å². The third-order valence-electron chi connectivity index (χ3n) is 1.88. The normalized spacial score (nSPS) is 11.5. The first-order chi connectivity index (χ1) is 7.02. The van der Waals surface area contributed by atoms with Crippen molar-refractivity contribution in [3.05, 3.63) is 35.4 Å². The van der Waals surface area contributed by atoms with E-state index in [1.165, 1.54) is 7.11 Å². The van der Waals surface area contributed by atoms with Crippen LogP contribution in [0.3, 0.4) is 0 Å². The second kappa shape index (κ2) is 6.40. The van der Waals surface area contributed by atoms with Gasteiger partial charge in [0.1, 0.15) is 17.7 Å². The summed E-state index contributed by atoms with van der Waals surface area (Å²) in [7, 11) is 1.20. The lowest BCUT2D eigenvalue weighted by atomic mass is 10.1. The van der Waals surface area contributed by atoms with Crippen LogP contribution < -0.4 is 5.73 Å². The van der Waals surface area contributed by atoms with Gasteiger partial charge in [0.25, 0.3) is 0 Å². The minimum Gasteiger partial charge on any atom is -0.468 e. The number of nitrogens with two attached hydrogens (primary N) is 1. The Kier molecular flexibility index (Phi) is 5.92. The molecule has 0 saturated heterocycles. The fraction of sp³-hybridized carbons (Fsp3) is 0.300. The van der Waals surface area contributed by atoms with Gasteiger partial charge in [-0.3, -0.25) is 4.79 Å². The third kappa shape index (κ3) is 4.12. The lowest BCUT2D eigenvalue weighted by Gasteiger charge is -2.09. The van der Waals surface area contributed by atoms with Crippen LogP contribution in [0.1, 0.15) is 5.56 Å². The van der Waals surface area contributed by atoms with Crippen LogP contribution in [0, 0.1) is 11.6 Å².